The molecule has 17 heavy (non-hydrogen) atoms. The van der Waals surface area contributed by atoms with Gasteiger partial charge in [-0.1, -0.05) is 0 Å². The number of rotatable bonds is 6. The van der Waals surface area contributed by atoms with Crippen molar-refractivity contribution in [3.63, 3.8) is 0 Å². The molecule has 0 radical (unpaired) electrons. The lowest BCUT2D eigenvalue weighted by Crippen LogP contribution is -2.47. The van der Waals surface area contributed by atoms with Crippen molar-refractivity contribution in [3.8, 4) is 0 Å². The first-order valence-electron chi connectivity index (χ1n) is 5.24. The van der Waals surface area contributed by atoms with Crippen LogP contribution in [0.15, 0.2) is 0 Å². The summed E-state index contributed by atoms with van der Waals surface area (Å²) in [4.78, 5) is 35.1. The maximum Gasteiger partial charge on any atom is 0.243 e. The van der Waals surface area contributed by atoms with E-state index in [1.54, 1.807) is 14.1 Å². The van der Waals surface area contributed by atoms with Gasteiger partial charge in [0.25, 0.3) is 0 Å². The molecule has 7 heteroatoms. The molecular weight excluding hydrogens is 242 g/mol. The van der Waals surface area contributed by atoms with Crippen LogP contribution < -0.4 is 10.6 Å². The van der Waals surface area contributed by atoms with Crippen molar-refractivity contribution in [1.29, 1.82) is 0 Å². The Labute approximate surface area is 107 Å². The Morgan fingerprint density at radius 2 is 1.88 bits per heavy atom. The number of hydrogen-bond donors (Lipinski definition) is 3. The number of nitrogens with zero attached hydrogens (tertiary/aromatic N) is 1. The molecule has 0 aromatic heterocycles. The molecule has 0 aliphatic heterocycles. The average molecular weight is 261 g/mol. The fourth-order valence-corrected chi connectivity index (χ4v) is 1.34. The quantitative estimate of drug-likeness (QED) is 0.538. The van der Waals surface area contributed by atoms with Gasteiger partial charge in [-0.25, -0.2) is 0 Å². The van der Waals surface area contributed by atoms with E-state index in [1.807, 2.05) is 0 Å². The zero-order valence-electron chi connectivity index (χ0n) is 10.3. The van der Waals surface area contributed by atoms with Crippen molar-refractivity contribution in [3.05, 3.63) is 0 Å². The first kappa shape index (κ1) is 15.8. The lowest BCUT2D eigenvalue weighted by atomic mass is 10.3. The molecule has 0 aromatic carbocycles. The highest BCUT2D eigenvalue weighted by Crippen LogP contribution is 1.90. The summed E-state index contributed by atoms with van der Waals surface area (Å²) in [6.07, 6.45) is 0.234. The highest BCUT2D eigenvalue weighted by atomic mass is 32.1. The number of amides is 3. The van der Waals surface area contributed by atoms with Gasteiger partial charge in [-0.15, -0.1) is 0 Å². The summed E-state index contributed by atoms with van der Waals surface area (Å²) < 4.78 is 0. The molecule has 0 saturated heterocycles. The highest BCUT2D eigenvalue weighted by Gasteiger charge is 2.17. The fraction of sp³-hybridized carbons (Fsp3) is 0.700. The second kappa shape index (κ2) is 7.94. The molecule has 0 aliphatic rings. The third-order valence-electron chi connectivity index (χ3n) is 2.01. The minimum atomic E-state index is -0.662. The van der Waals surface area contributed by atoms with Gasteiger partial charge in [0, 0.05) is 39.7 Å². The Morgan fingerprint density at radius 3 is 2.29 bits per heavy atom. The summed E-state index contributed by atoms with van der Waals surface area (Å²) in [6, 6.07) is -0.662. The van der Waals surface area contributed by atoms with Crippen LogP contribution in [0.3, 0.4) is 0 Å². The number of carbonyl (C=O) groups excluding carboxylic acids is 3. The molecule has 2 N–H and O–H groups in total. The van der Waals surface area contributed by atoms with E-state index in [9.17, 15) is 14.4 Å². The molecule has 0 aromatic rings. The Kier molecular flexibility index (Phi) is 7.36. The standard InChI is InChI=1S/C10H19N3O3S/c1-7(14)12-8(6-17)10(16)11-5-4-9(15)13(2)3/h8,17H,4-6H2,1-3H3,(H,11,16)(H,12,14). The second-order valence-corrected chi connectivity index (χ2v) is 4.13. The van der Waals surface area contributed by atoms with Gasteiger partial charge in [0.05, 0.1) is 0 Å². The predicted octanol–water partition coefficient (Wildman–Crippen LogP) is -0.985. The average Bonchev–Trinajstić information content (AvgIpc) is 2.24. The van der Waals surface area contributed by atoms with E-state index in [4.69, 9.17) is 0 Å². The monoisotopic (exact) mass is 261 g/mol. The molecule has 0 aliphatic carbocycles. The van der Waals surface area contributed by atoms with E-state index in [2.05, 4.69) is 23.3 Å². The molecule has 0 heterocycles. The van der Waals surface area contributed by atoms with Crippen LogP contribution in [-0.4, -0.2) is 55.1 Å². The van der Waals surface area contributed by atoms with Gasteiger partial charge in [-0.05, 0) is 0 Å². The molecule has 0 saturated carbocycles. The van der Waals surface area contributed by atoms with E-state index < -0.39 is 6.04 Å². The summed E-state index contributed by atoms with van der Waals surface area (Å²) in [5.41, 5.74) is 0. The normalized spacial score (nSPS) is 11.5. The topological polar surface area (TPSA) is 78.5 Å². The predicted molar refractivity (Wildman–Crippen MR) is 67.8 cm³/mol. The molecule has 1 unspecified atom stereocenters. The molecule has 0 spiro atoms. The first-order chi connectivity index (χ1) is 7.88. The van der Waals surface area contributed by atoms with Crippen LogP contribution in [0.1, 0.15) is 13.3 Å². The van der Waals surface area contributed by atoms with Gasteiger partial charge >= 0.3 is 0 Å². The maximum atomic E-state index is 11.6. The third-order valence-corrected chi connectivity index (χ3v) is 2.38. The lowest BCUT2D eigenvalue weighted by molar-refractivity contribution is -0.129. The number of nitrogens with one attached hydrogen (secondary N) is 2. The summed E-state index contributed by atoms with van der Waals surface area (Å²) in [7, 11) is 3.30. The molecule has 6 nitrogen and oxygen atoms in total. The van der Waals surface area contributed by atoms with Gasteiger partial charge in [0.2, 0.25) is 17.7 Å². The van der Waals surface area contributed by atoms with Crippen molar-refractivity contribution in [2.24, 2.45) is 0 Å². The smallest absolute Gasteiger partial charge is 0.243 e. The van der Waals surface area contributed by atoms with Gasteiger partial charge < -0.3 is 15.5 Å². The zero-order chi connectivity index (χ0) is 13.4. The fourth-order valence-electron chi connectivity index (χ4n) is 1.08. The summed E-state index contributed by atoms with van der Waals surface area (Å²) in [5, 5.41) is 5.04. The largest absolute Gasteiger partial charge is 0.354 e. The minimum absolute atomic E-state index is 0.0627. The Bertz CT molecular complexity index is 295. The van der Waals surface area contributed by atoms with Crippen molar-refractivity contribution < 1.29 is 14.4 Å². The van der Waals surface area contributed by atoms with Crippen molar-refractivity contribution in [1.82, 2.24) is 15.5 Å². The Balaban J connectivity index is 3.99. The molecule has 98 valence electrons. The van der Waals surface area contributed by atoms with E-state index in [-0.39, 0.29) is 36.4 Å². The van der Waals surface area contributed by atoms with Crippen LogP contribution in [0.5, 0.6) is 0 Å². The van der Waals surface area contributed by atoms with Gasteiger partial charge in [-0.2, -0.15) is 12.6 Å². The first-order valence-corrected chi connectivity index (χ1v) is 5.87. The van der Waals surface area contributed by atoms with Crippen molar-refractivity contribution >= 4 is 30.4 Å². The molecule has 0 rings (SSSR count). The van der Waals surface area contributed by atoms with Gasteiger partial charge in [-0.3, -0.25) is 14.4 Å². The van der Waals surface area contributed by atoms with Gasteiger partial charge in [0.15, 0.2) is 0 Å². The van der Waals surface area contributed by atoms with E-state index in [0.717, 1.165) is 0 Å². The van der Waals surface area contributed by atoms with E-state index in [0.29, 0.717) is 0 Å². The van der Waals surface area contributed by atoms with Crippen LogP contribution in [-0.2, 0) is 14.4 Å². The summed E-state index contributed by atoms with van der Waals surface area (Å²) in [5.74, 6) is -0.467. The molecular formula is C10H19N3O3S. The van der Waals surface area contributed by atoms with Crippen LogP contribution >= 0.6 is 12.6 Å². The second-order valence-electron chi connectivity index (χ2n) is 3.76. The molecule has 1 atom stereocenters. The molecule has 3 amide bonds. The van der Waals surface area contributed by atoms with E-state index >= 15 is 0 Å². The zero-order valence-corrected chi connectivity index (χ0v) is 11.2. The van der Waals surface area contributed by atoms with Gasteiger partial charge in [0.1, 0.15) is 6.04 Å². The van der Waals surface area contributed by atoms with Crippen molar-refractivity contribution in [2.75, 3.05) is 26.4 Å². The van der Waals surface area contributed by atoms with Crippen LogP contribution in [0.4, 0.5) is 0 Å². The molecule has 0 bridgehead atoms. The maximum absolute atomic E-state index is 11.6. The Morgan fingerprint density at radius 1 is 1.29 bits per heavy atom. The highest BCUT2D eigenvalue weighted by molar-refractivity contribution is 7.80. The minimum Gasteiger partial charge on any atom is -0.354 e. The third kappa shape index (κ3) is 6.83. The van der Waals surface area contributed by atoms with Crippen LogP contribution in [0.2, 0.25) is 0 Å². The number of carbonyl (C=O) groups is 3. The summed E-state index contributed by atoms with van der Waals surface area (Å²) >= 11 is 3.97. The summed E-state index contributed by atoms with van der Waals surface area (Å²) in [6.45, 7) is 1.58. The lowest BCUT2D eigenvalue weighted by Gasteiger charge is -2.15. The van der Waals surface area contributed by atoms with Crippen LogP contribution in [0, 0.1) is 0 Å². The van der Waals surface area contributed by atoms with Crippen molar-refractivity contribution in [2.45, 2.75) is 19.4 Å². The van der Waals surface area contributed by atoms with Crippen LogP contribution in [0.25, 0.3) is 0 Å². The number of thiol groups is 1. The van der Waals surface area contributed by atoms with E-state index in [1.165, 1.54) is 11.8 Å². The Hall–Kier alpha value is -1.24. The SMILES string of the molecule is CC(=O)NC(CS)C(=O)NCCC(=O)N(C)C. The molecule has 0 fully saturated rings. The number of hydrogen-bond acceptors (Lipinski definition) is 4.